The van der Waals surface area contributed by atoms with E-state index in [1.54, 1.807) is 14.2 Å². The SMILES string of the molecule is CCOc1cc(CCCNC(=NC)NCCCOC2CCOCC2)ccc1OC.I. The fraction of sp³-hybridized carbons (Fsp3) is 0.682. The fourth-order valence-electron chi connectivity index (χ4n) is 3.24. The van der Waals surface area contributed by atoms with Crippen LogP contribution in [0.3, 0.4) is 0 Å². The van der Waals surface area contributed by atoms with Crippen LogP contribution >= 0.6 is 24.0 Å². The number of nitrogens with zero attached hydrogens (tertiary/aromatic N) is 1. The second-order valence-corrected chi connectivity index (χ2v) is 6.98. The van der Waals surface area contributed by atoms with Gasteiger partial charge in [0.1, 0.15) is 0 Å². The van der Waals surface area contributed by atoms with E-state index in [1.807, 2.05) is 13.0 Å². The summed E-state index contributed by atoms with van der Waals surface area (Å²) in [4.78, 5) is 4.28. The van der Waals surface area contributed by atoms with E-state index >= 15 is 0 Å². The molecule has 1 fully saturated rings. The van der Waals surface area contributed by atoms with Crippen LogP contribution in [0.4, 0.5) is 0 Å². The summed E-state index contributed by atoms with van der Waals surface area (Å²) >= 11 is 0. The molecule has 0 saturated carbocycles. The van der Waals surface area contributed by atoms with E-state index < -0.39 is 0 Å². The average molecular weight is 535 g/mol. The summed E-state index contributed by atoms with van der Waals surface area (Å²) in [6, 6.07) is 6.12. The molecule has 0 aliphatic carbocycles. The molecule has 1 aromatic carbocycles. The zero-order valence-corrected chi connectivity index (χ0v) is 20.9. The molecule has 30 heavy (non-hydrogen) atoms. The van der Waals surface area contributed by atoms with Gasteiger partial charge in [0.05, 0.1) is 19.8 Å². The maximum absolute atomic E-state index is 5.89. The smallest absolute Gasteiger partial charge is 0.190 e. The van der Waals surface area contributed by atoms with Crippen molar-refractivity contribution in [2.24, 2.45) is 4.99 Å². The monoisotopic (exact) mass is 535 g/mol. The van der Waals surface area contributed by atoms with Crippen LogP contribution in [-0.4, -0.2) is 65.7 Å². The number of nitrogens with one attached hydrogen (secondary N) is 2. The van der Waals surface area contributed by atoms with Gasteiger partial charge >= 0.3 is 0 Å². The molecule has 1 aliphatic heterocycles. The lowest BCUT2D eigenvalue weighted by molar-refractivity contribution is -0.0320. The Morgan fingerprint density at radius 2 is 1.87 bits per heavy atom. The molecule has 1 aromatic rings. The number of methoxy groups -OCH3 is 1. The van der Waals surface area contributed by atoms with Gasteiger partial charge in [-0.15, -0.1) is 24.0 Å². The molecule has 0 atom stereocenters. The first-order valence-electron chi connectivity index (χ1n) is 10.7. The quantitative estimate of drug-likeness (QED) is 0.185. The van der Waals surface area contributed by atoms with Crippen molar-refractivity contribution in [2.45, 2.75) is 45.1 Å². The van der Waals surface area contributed by atoms with Crippen LogP contribution in [0.5, 0.6) is 11.5 Å². The van der Waals surface area contributed by atoms with Crippen molar-refractivity contribution in [2.75, 3.05) is 53.7 Å². The van der Waals surface area contributed by atoms with Gasteiger partial charge in [0.2, 0.25) is 0 Å². The number of aliphatic imine (C=N–C) groups is 1. The molecule has 8 heteroatoms. The van der Waals surface area contributed by atoms with Crippen LogP contribution in [0, 0.1) is 0 Å². The predicted molar refractivity (Wildman–Crippen MR) is 132 cm³/mol. The number of halogens is 1. The lowest BCUT2D eigenvalue weighted by atomic mass is 10.1. The highest BCUT2D eigenvalue weighted by atomic mass is 127. The molecular weight excluding hydrogens is 497 g/mol. The van der Waals surface area contributed by atoms with Crippen molar-refractivity contribution in [1.29, 1.82) is 0 Å². The number of aryl methyl sites for hydroxylation is 1. The minimum atomic E-state index is 0. The Morgan fingerprint density at radius 1 is 1.13 bits per heavy atom. The van der Waals surface area contributed by atoms with Gasteiger partial charge in [-0.25, -0.2) is 0 Å². The summed E-state index contributed by atoms with van der Waals surface area (Å²) in [5.41, 5.74) is 1.24. The minimum absolute atomic E-state index is 0. The van der Waals surface area contributed by atoms with Gasteiger partial charge in [-0.1, -0.05) is 6.07 Å². The molecule has 0 aromatic heterocycles. The molecular formula is C22H38IN3O4. The summed E-state index contributed by atoms with van der Waals surface area (Å²) in [5, 5.41) is 6.71. The second kappa shape index (κ2) is 16.4. The van der Waals surface area contributed by atoms with Gasteiger partial charge in [0.15, 0.2) is 17.5 Å². The molecule has 1 heterocycles. The number of benzene rings is 1. The number of hydrogen-bond donors (Lipinski definition) is 2. The van der Waals surface area contributed by atoms with Gasteiger partial charge < -0.3 is 29.6 Å². The first kappa shape index (κ1) is 26.8. The van der Waals surface area contributed by atoms with E-state index in [0.29, 0.717) is 12.7 Å². The highest BCUT2D eigenvalue weighted by Gasteiger charge is 2.13. The minimum Gasteiger partial charge on any atom is -0.493 e. The molecule has 2 N–H and O–H groups in total. The Labute approximate surface area is 198 Å². The van der Waals surface area contributed by atoms with E-state index in [-0.39, 0.29) is 24.0 Å². The van der Waals surface area contributed by atoms with Crippen molar-refractivity contribution in [3.05, 3.63) is 23.8 Å². The Bertz CT molecular complexity index is 610. The Morgan fingerprint density at radius 3 is 2.53 bits per heavy atom. The van der Waals surface area contributed by atoms with E-state index in [4.69, 9.17) is 18.9 Å². The molecule has 1 saturated heterocycles. The molecule has 0 unspecified atom stereocenters. The number of guanidine groups is 1. The fourth-order valence-corrected chi connectivity index (χ4v) is 3.24. The van der Waals surface area contributed by atoms with Crippen molar-refractivity contribution in [3.63, 3.8) is 0 Å². The topological polar surface area (TPSA) is 73.3 Å². The maximum atomic E-state index is 5.89. The third kappa shape index (κ3) is 10.2. The summed E-state index contributed by atoms with van der Waals surface area (Å²) in [7, 11) is 3.46. The first-order chi connectivity index (χ1) is 14.3. The standard InChI is InChI=1S/C22H37N3O4.HI/c1-4-28-21-17-18(8-9-20(21)26-3)7-5-12-24-22(23-2)25-13-6-14-29-19-10-15-27-16-11-19;/h8-9,17,19H,4-7,10-16H2,1-3H3,(H2,23,24,25);1H. The molecule has 0 radical (unpaired) electrons. The van der Waals surface area contributed by atoms with Crippen LogP contribution in [0.2, 0.25) is 0 Å². The van der Waals surface area contributed by atoms with Crippen molar-refractivity contribution in [3.8, 4) is 11.5 Å². The average Bonchev–Trinajstić information content (AvgIpc) is 2.76. The second-order valence-electron chi connectivity index (χ2n) is 6.98. The maximum Gasteiger partial charge on any atom is 0.190 e. The van der Waals surface area contributed by atoms with Crippen LogP contribution in [0.15, 0.2) is 23.2 Å². The highest BCUT2D eigenvalue weighted by molar-refractivity contribution is 14.0. The third-order valence-electron chi connectivity index (χ3n) is 4.82. The molecule has 0 bridgehead atoms. The van der Waals surface area contributed by atoms with Crippen molar-refractivity contribution in [1.82, 2.24) is 10.6 Å². The molecule has 1 aliphatic rings. The Hall–Kier alpha value is -1.26. The Balaban J connectivity index is 0.00000450. The van der Waals surface area contributed by atoms with Crippen LogP contribution in [0.1, 0.15) is 38.2 Å². The van der Waals surface area contributed by atoms with Gasteiger partial charge in [0, 0.05) is 40.0 Å². The first-order valence-corrected chi connectivity index (χ1v) is 10.7. The summed E-state index contributed by atoms with van der Waals surface area (Å²) in [6.45, 7) is 6.72. The summed E-state index contributed by atoms with van der Waals surface area (Å²) in [5.74, 6) is 2.42. The Kier molecular flexibility index (Phi) is 14.7. The number of hydrogen-bond acceptors (Lipinski definition) is 5. The summed E-state index contributed by atoms with van der Waals surface area (Å²) in [6.07, 6.45) is 5.32. The molecule has 2 rings (SSSR count). The third-order valence-corrected chi connectivity index (χ3v) is 4.82. The zero-order valence-electron chi connectivity index (χ0n) is 18.6. The molecule has 172 valence electrons. The zero-order chi connectivity index (χ0) is 20.7. The van der Waals surface area contributed by atoms with Crippen LogP contribution in [-0.2, 0) is 15.9 Å². The number of ether oxygens (including phenoxy) is 4. The van der Waals surface area contributed by atoms with E-state index in [0.717, 1.165) is 82.5 Å². The number of rotatable bonds is 12. The van der Waals surface area contributed by atoms with Gasteiger partial charge in [-0.3, -0.25) is 4.99 Å². The van der Waals surface area contributed by atoms with E-state index in [9.17, 15) is 0 Å². The predicted octanol–water partition coefficient (Wildman–Crippen LogP) is 3.40. The van der Waals surface area contributed by atoms with Crippen LogP contribution < -0.4 is 20.1 Å². The van der Waals surface area contributed by atoms with Gasteiger partial charge in [-0.2, -0.15) is 0 Å². The largest absolute Gasteiger partial charge is 0.493 e. The molecule has 7 nitrogen and oxygen atoms in total. The van der Waals surface area contributed by atoms with Gasteiger partial charge in [0.25, 0.3) is 0 Å². The normalized spacial score (nSPS) is 14.7. The lowest BCUT2D eigenvalue weighted by Crippen LogP contribution is -2.38. The molecule has 0 amide bonds. The lowest BCUT2D eigenvalue weighted by Gasteiger charge is -2.22. The summed E-state index contributed by atoms with van der Waals surface area (Å²) < 4.78 is 22.2. The van der Waals surface area contributed by atoms with E-state index in [2.05, 4.69) is 27.8 Å². The highest BCUT2D eigenvalue weighted by Crippen LogP contribution is 2.28. The van der Waals surface area contributed by atoms with Crippen molar-refractivity contribution < 1.29 is 18.9 Å². The van der Waals surface area contributed by atoms with Crippen molar-refractivity contribution >= 4 is 29.9 Å². The van der Waals surface area contributed by atoms with Crippen LogP contribution in [0.25, 0.3) is 0 Å². The van der Waals surface area contributed by atoms with E-state index in [1.165, 1.54) is 5.56 Å². The van der Waals surface area contributed by atoms with Gasteiger partial charge in [-0.05, 0) is 56.7 Å². The molecule has 0 spiro atoms.